The monoisotopic (exact) mass is 260 g/mol. The first-order valence-corrected chi connectivity index (χ1v) is 5.13. The van der Waals surface area contributed by atoms with E-state index in [2.05, 4.69) is 4.98 Å². The number of nitro groups is 2. The van der Waals surface area contributed by atoms with E-state index in [-0.39, 0.29) is 16.9 Å². The largest absolute Gasteiger partial charge is 0.393 e. The third-order valence-electron chi connectivity index (χ3n) is 2.54. The molecule has 0 aliphatic rings. The van der Waals surface area contributed by atoms with E-state index in [1.54, 1.807) is 12.1 Å². The van der Waals surface area contributed by atoms with E-state index in [4.69, 9.17) is 5.73 Å². The summed E-state index contributed by atoms with van der Waals surface area (Å²) in [7, 11) is 0. The number of nitrogens with two attached hydrogens (primary N) is 1. The Bertz CT molecular complexity index is 657. The molecular formula is C11H8N4O4. The summed E-state index contributed by atoms with van der Waals surface area (Å²) >= 11 is 0. The lowest BCUT2D eigenvalue weighted by Gasteiger charge is -2.06. The summed E-state index contributed by atoms with van der Waals surface area (Å²) in [6, 6.07) is 5.19. The third kappa shape index (κ3) is 2.32. The van der Waals surface area contributed by atoms with Gasteiger partial charge in [0.1, 0.15) is 5.69 Å². The molecule has 0 amide bonds. The molecule has 0 saturated heterocycles. The summed E-state index contributed by atoms with van der Waals surface area (Å²) in [5, 5.41) is 21.7. The fourth-order valence-corrected chi connectivity index (χ4v) is 1.65. The van der Waals surface area contributed by atoms with Crippen molar-refractivity contribution in [3.05, 3.63) is 56.9 Å². The standard InChI is InChI=1S/C11H8N4O4/c12-11-9(7-1-3-13-4-2-7)5-8(14(16)17)6-10(11)15(18)19/h1-6H,12H2. The van der Waals surface area contributed by atoms with Crippen LogP contribution in [0.25, 0.3) is 11.1 Å². The van der Waals surface area contributed by atoms with E-state index in [1.807, 2.05) is 0 Å². The molecule has 1 aromatic heterocycles. The summed E-state index contributed by atoms with van der Waals surface area (Å²) in [6.07, 6.45) is 2.94. The number of non-ortho nitro benzene ring substituents is 1. The molecule has 0 fully saturated rings. The lowest BCUT2D eigenvalue weighted by molar-refractivity contribution is -0.393. The summed E-state index contributed by atoms with van der Waals surface area (Å²) in [4.78, 5) is 24.0. The van der Waals surface area contributed by atoms with Crippen molar-refractivity contribution in [3.63, 3.8) is 0 Å². The first kappa shape index (κ1) is 12.4. The average Bonchev–Trinajstić information content (AvgIpc) is 2.39. The third-order valence-corrected chi connectivity index (χ3v) is 2.54. The molecule has 8 nitrogen and oxygen atoms in total. The molecule has 0 saturated carbocycles. The molecule has 0 unspecified atom stereocenters. The second-order valence-electron chi connectivity index (χ2n) is 3.68. The van der Waals surface area contributed by atoms with Gasteiger partial charge in [-0.15, -0.1) is 0 Å². The van der Waals surface area contributed by atoms with Gasteiger partial charge in [0.15, 0.2) is 0 Å². The molecule has 1 aromatic carbocycles. The van der Waals surface area contributed by atoms with Crippen LogP contribution in [0.5, 0.6) is 0 Å². The van der Waals surface area contributed by atoms with E-state index < -0.39 is 15.5 Å². The van der Waals surface area contributed by atoms with Crippen molar-refractivity contribution >= 4 is 17.1 Å². The lowest BCUT2D eigenvalue weighted by Crippen LogP contribution is -2.00. The molecule has 19 heavy (non-hydrogen) atoms. The zero-order chi connectivity index (χ0) is 14.0. The van der Waals surface area contributed by atoms with Gasteiger partial charge in [-0.05, 0) is 17.7 Å². The van der Waals surface area contributed by atoms with Crippen molar-refractivity contribution in [2.45, 2.75) is 0 Å². The predicted octanol–water partition coefficient (Wildman–Crippen LogP) is 2.15. The minimum atomic E-state index is -0.743. The number of nitrogens with zero attached hydrogens (tertiary/aromatic N) is 3. The van der Waals surface area contributed by atoms with Gasteiger partial charge >= 0.3 is 0 Å². The van der Waals surface area contributed by atoms with Gasteiger partial charge in [-0.1, -0.05) is 0 Å². The van der Waals surface area contributed by atoms with Crippen LogP contribution in [0, 0.1) is 20.2 Å². The van der Waals surface area contributed by atoms with Gasteiger partial charge in [0.25, 0.3) is 11.4 Å². The van der Waals surface area contributed by atoms with Gasteiger partial charge in [0.2, 0.25) is 0 Å². The summed E-state index contributed by atoms with van der Waals surface area (Å²) in [5.41, 5.74) is 5.49. The van der Waals surface area contributed by atoms with Crippen LogP contribution in [0.4, 0.5) is 17.1 Å². The molecule has 2 N–H and O–H groups in total. The van der Waals surface area contributed by atoms with Crippen molar-refractivity contribution in [1.29, 1.82) is 0 Å². The van der Waals surface area contributed by atoms with E-state index in [1.165, 1.54) is 18.5 Å². The number of nitro benzene ring substituents is 2. The van der Waals surface area contributed by atoms with Gasteiger partial charge in [0.05, 0.1) is 15.9 Å². The number of rotatable bonds is 3. The fourth-order valence-electron chi connectivity index (χ4n) is 1.65. The van der Waals surface area contributed by atoms with Gasteiger partial charge in [-0.3, -0.25) is 25.2 Å². The fraction of sp³-hybridized carbons (Fsp3) is 0. The zero-order valence-electron chi connectivity index (χ0n) is 9.52. The van der Waals surface area contributed by atoms with Crippen molar-refractivity contribution < 1.29 is 9.85 Å². The molecule has 2 rings (SSSR count). The van der Waals surface area contributed by atoms with Crippen LogP contribution in [-0.2, 0) is 0 Å². The van der Waals surface area contributed by atoms with Crippen LogP contribution < -0.4 is 5.73 Å². The molecule has 0 radical (unpaired) electrons. The van der Waals surface area contributed by atoms with Crippen molar-refractivity contribution in [1.82, 2.24) is 4.98 Å². The van der Waals surface area contributed by atoms with Crippen LogP contribution in [-0.4, -0.2) is 14.8 Å². The SMILES string of the molecule is Nc1c(-c2ccncc2)cc([N+](=O)[O-])cc1[N+](=O)[O-]. The Morgan fingerprint density at radius 3 is 2.21 bits per heavy atom. The Kier molecular flexibility index (Phi) is 3.06. The molecule has 2 aromatic rings. The van der Waals surface area contributed by atoms with Crippen LogP contribution in [0.3, 0.4) is 0 Å². The van der Waals surface area contributed by atoms with Crippen LogP contribution in [0.2, 0.25) is 0 Å². The minimum Gasteiger partial charge on any atom is -0.393 e. The van der Waals surface area contributed by atoms with Gasteiger partial charge in [0, 0.05) is 24.0 Å². The molecule has 0 aliphatic carbocycles. The second kappa shape index (κ2) is 4.69. The lowest BCUT2D eigenvalue weighted by atomic mass is 10.0. The molecule has 96 valence electrons. The number of benzene rings is 1. The van der Waals surface area contributed by atoms with E-state index in [0.717, 1.165) is 6.07 Å². The minimum absolute atomic E-state index is 0.109. The quantitative estimate of drug-likeness (QED) is 0.512. The van der Waals surface area contributed by atoms with E-state index in [0.29, 0.717) is 5.56 Å². The normalized spacial score (nSPS) is 10.1. The molecule has 0 aliphatic heterocycles. The number of hydrogen-bond acceptors (Lipinski definition) is 6. The van der Waals surface area contributed by atoms with Crippen LogP contribution in [0.15, 0.2) is 36.7 Å². The zero-order valence-corrected chi connectivity index (χ0v) is 9.52. The Morgan fingerprint density at radius 2 is 1.68 bits per heavy atom. The first-order valence-electron chi connectivity index (χ1n) is 5.13. The van der Waals surface area contributed by atoms with Crippen LogP contribution >= 0.6 is 0 Å². The molecular weight excluding hydrogens is 252 g/mol. The summed E-state index contributed by atoms with van der Waals surface area (Å²) in [6.45, 7) is 0. The predicted molar refractivity (Wildman–Crippen MR) is 67.4 cm³/mol. The van der Waals surface area contributed by atoms with E-state index in [9.17, 15) is 20.2 Å². The Balaban J connectivity index is 2.73. The van der Waals surface area contributed by atoms with Crippen molar-refractivity contribution in [3.8, 4) is 11.1 Å². The molecule has 0 bridgehead atoms. The van der Waals surface area contributed by atoms with Gasteiger partial charge in [-0.2, -0.15) is 0 Å². The topological polar surface area (TPSA) is 125 Å². The number of hydrogen-bond donors (Lipinski definition) is 1. The molecule has 0 atom stereocenters. The Morgan fingerprint density at radius 1 is 1.05 bits per heavy atom. The van der Waals surface area contributed by atoms with E-state index >= 15 is 0 Å². The number of pyridine rings is 1. The van der Waals surface area contributed by atoms with Crippen LogP contribution in [0.1, 0.15) is 0 Å². The number of anilines is 1. The maximum absolute atomic E-state index is 10.9. The average molecular weight is 260 g/mol. The maximum Gasteiger partial charge on any atom is 0.299 e. The van der Waals surface area contributed by atoms with Gasteiger partial charge in [-0.25, -0.2) is 0 Å². The highest BCUT2D eigenvalue weighted by atomic mass is 16.6. The summed E-state index contributed by atoms with van der Waals surface area (Å²) in [5.74, 6) is 0. The van der Waals surface area contributed by atoms with Crippen molar-refractivity contribution in [2.24, 2.45) is 0 Å². The molecule has 1 heterocycles. The first-order chi connectivity index (χ1) is 9.00. The maximum atomic E-state index is 10.9. The smallest absolute Gasteiger partial charge is 0.299 e. The molecule has 0 spiro atoms. The Hall–Kier alpha value is -3.03. The highest BCUT2D eigenvalue weighted by Crippen LogP contribution is 2.36. The van der Waals surface area contributed by atoms with Crippen molar-refractivity contribution in [2.75, 3.05) is 5.73 Å². The highest BCUT2D eigenvalue weighted by molar-refractivity contribution is 5.84. The Labute approximate surface area is 106 Å². The number of aromatic nitrogens is 1. The summed E-state index contributed by atoms with van der Waals surface area (Å²) < 4.78 is 0. The molecule has 8 heteroatoms. The second-order valence-corrected chi connectivity index (χ2v) is 3.68. The number of nitrogen functional groups attached to an aromatic ring is 1. The highest BCUT2D eigenvalue weighted by Gasteiger charge is 2.22. The van der Waals surface area contributed by atoms with Gasteiger partial charge < -0.3 is 5.73 Å².